The molecule has 3 N–H and O–H groups in total. The number of aryl methyl sites for hydroxylation is 1. The zero-order valence-electron chi connectivity index (χ0n) is 35.3. The van der Waals surface area contributed by atoms with Crippen LogP contribution in [0, 0.1) is 11.8 Å². The molecule has 3 saturated heterocycles. The summed E-state index contributed by atoms with van der Waals surface area (Å²) in [6, 6.07) is 11.8. The molecule has 10 rings (SSSR count). The highest BCUT2D eigenvalue weighted by atomic mass is 35.5. The van der Waals surface area contributed by atoms with Gasteiger partial charge >= 0.3 is 0 Å². The number of nitrogens with one attached hydrogen (secondary N) is 3. The fourth-order valence-electron chi connectivity index (χ4n) is 10.4. The average molecular weight is 848 g/mol. The van der Waals surface area contributed by atoms with E-state index in [1.165, 1.54) is 16.6 Å². The molecule has 1 saturated carbocycles. The van der Waals surface area contributed by atoms with Gasteiger partial charge in [0.2, 0.25) is 5.95 Å². The molecule has 320 valence electrons. The molecule has 0 spiro atoms. The minimum absolute atomic E-state index is 0.0139. The number of aromatic nitrogens is 4. The molecule has 61 heavy (non-hydrogen) atoms. The first-order valence-electron chi connectivity index (χ1n) is 22.0. The second kappa shape index (κ2) is 15.6. The van der Waals surface area contributed by atoms with E-state index in [0.29, 0.717) is 22.7 Å². The maximum atomic E-state index is 15.4. The van der Waals surface area contributed by atoms with Crippen LogP contribution >= 0.6 is 11.6 Å². The Morgan fingerprint density at radius 3 is 2.46 bits per heavy atom. The summed E-state index contributed by atoms with van der Waals surface area (Å²) in [5, 5.41) is 16.8. The Morgan fingerprint density at radius 2 is 1.70 bits per heavy atom. The van der Waals surface area contributed by atoms with Gasteiger partial charge in [0.15, 0.2) is 5.82 Å². The number of piperidine rings is 2. The first kappa shape index (κ1) is 40.0. The molecule has 2 aromatic carbocycles. The van der Waals surface area contributed by atoms with Crippen molar-refractivity contribution < 1.29 is 8.78 Å². The predicted octanol–water partition coefficient (Wildman–Crippen LogP) is 8.77. The molecule has 11 nitrogen and oxygen atoms in total. The van der Waals surface area contributed by atoms with Gasteiger partial charge in [-0.15, -0.1) is 0 Å². The van der Waals surface area contributed by atoms with Crippen molar-refractivity contribution >= 4 is 57.0 Å². The number of fused-ring (bicyclic) bond motifs is 3. The van der Waals surface area contributed by atoms with Crippen molar-refractivity contribution in [2.75, 3.05) is 72.9 Å². The fraction of sp³-hybridized carbons (Fsp3) is 0.468. The number of hydrogen-bond donors (Lipinski definition) is 3. The minimum atomic E-state index is -2.79. The maximum absolute atomic E-state index is 15.4. The van der Waals surface area contributed by atoms with Crippen molar-refractivity contribution in [2.45, 2.75) is 69.2 Å². The summed E-state index contributed by atoms with van der Waals surface area (Å²) in [5.74, 6) is -0.826. The van der Waals surface area contributed by atoms with Gasteiger partial charge < -0.3 is 30.7 Å². The van der Waals surface area contributed by atoms with Crippen molar-refractivity contribution in [3.05, 3.63) is 101 Å². The zero-order chi connectivity index (χ0) is 42.2. The number of piperazine rings is 1. The smallest absolute Gasteiger partial charge is 0.268 e. The van der Waals surface area contributed by atoms with E-state index in [0.717, 1.165) is 135 Å². The summed E-state index contributed by atoms with van der Waals surface area (Å²) >= 11 is 6.70. The van der Waals surface area contributed by atoms with Crippen LogP contribution in [0.2, 0.25) is 5.02 Å². The predicted molar refractivity (Wildman–Crippen MR) is 243 cm³/mol. The lowest BCUT2D eigenvalue weighted by molar-refractivity contribution is -0.0441. The Morgan fingerprint density at radius 1 is 0.918 bits per heavy atom. The lowest BCUT2D eigenvalue weighted by Crippen LogP contribution is -2.49. The van der Waals surface area contributed by atoms with Crippen molar-refractivity contribution in [2.24, 2.45) is 18.9 Å². The van der Waals surface area contributed by atoms with E-state index < -0.39 is 12.0 Å². The second-order valence-electron chi connectivity index (χ2n) is 18.0. The van der Waals surface area contributed by atoms with E-state index in [4.69, 9.17) is 21.7 Å². The monoisotopic (exact) mass is 847 g/mol. The van der Waals surface area contributed by atoms with Gasteiger partial charge in [-0.25, -0.2) is 13.8 Å². The number of hydrogen-bond acceptors (Lipinski definition) is 10. The summed E-state index contributed by atoms with van der Waals surface area (Å²) in [6.45, 7) is 19.4. The normalized spacial score (nSPS) is 23.8. The highest BCUT2D eigenvalue weighted by Gasteiger charge is 2.50. The highest BCUT2D eigenvalue weighted by molar-refractivity contribution is 6.33. The Kier molecular flexibility index (Phi) is 10.2. The van der Waals surface area contributed by atoms with Crippen LogP contribution in [0.15, 0.2) is 85.0 Å². The van der Waals surface area contributed by atoms with E-state index in [-0.39, 0.29) is 24.7 Å². The van der Waals surface area contributed by atoms with Crippen molar-refractivity contribution in [1.82, 2.24) is 35.3 Å². The standard InChI is InChI=1S/C47H56ClF2N11/c1-28-9-13-34(29(2)52-28)42-36-7-6-8-40(43(36)58(5)56-42)60-19-16-31(17-20-60)27-59-21-23-61(24-22-59)46-51-26-38(48)45(55-46)53-33-12-14-39-37(25-33)41-35(30(3)57(39)4)15-18-47(49,50)44(54-41)32-10-11-32/h6-8,12,14,25-26,31-32,34,44,52,54H,1-3,9-11,13,15-24,27H2,4-5H3,(H,51,53,55). The van der Waals surface area contributed by atoms with E-state index in [1.807, 2.05) is 30.1 Å². The van der Waals surface area contributed by atoms with Crippen LogP contribution in [0.25, 0.3) is 16.6 Å². The Labute approximate surface area is 362 Å². The third-order valence-corrected chi connectivity index (χ3v) is 14.3. The Hall–Kier alpha value is -5.14. The average Bonchev–Trinajstić information content (AvgIpc) is 4.05. The van der Waals surface area contributed by atoms with Crippen LogP contribution in [0.1, 0.15) is 68.5 Å². The zero-order valence-corrected chi connectivity index (χ0v) is 36.0. The number of alkyl halides is 2. The van der Waals surface area contributed by atoms with Crippen molar-refractivity contribution in [3.8, 4) is 0 Å². The van der Waals surface area contributed by atoms with Crippen LogP contribution in [-0.2, 0) is 7.05 Å². The number of allylic oxidation sites excluding steroid dienone is 3. The SMILES string of the molecule is C=C1CCC(c2nn(C)c3c(N4CCC(CN5CCN(c6ncc(Cl)c(Nc7ccc8c(c7)C7=C(CCC(F)(F)C(C9CC9)N7)C(=C)N8C)n6)CC5)CC4)cccc23)C(=C)N1. The number of benzene rings is 2. The van der Waals surface area contributed by atoms with E-state index in [9.17, 15) is 0 Å². The van der Waals surface area contributed by atoms with Crippen LogP contribution in [0.4, 0.5) is 37.6 Å². The molecule has 14 heteroatoms. The van der Waals surface area contributed by atoms with Gasteiger partial charge in [-0.05, 0) is 86.6 Å². The third kappa shape index (κ3) is 7.51. The van der Waals surface area contributed by atoms with Gasteiger partial charge in [-0.1, -0.05) is 43.5 Å². The van der Waals surface area contributed by atoms with Crippen molar-refractivity contribution in [3.63, 3.8) is 0 Å². The number of anilines is 5. The molecular weight excluding hydrogens is 792 g/mol. The molecular formula is C47H56ClF2N11. The van der Waals surface area contributed by atoms with Gasteiger partial charge in [0, 0.05) is 112 Å². The molecule has 0 bridgehead atoms. The van der Waals surface area contributed by atoms with E-state index >= 15 is 8.78 Å². The van der Waals surface area contributed by atoms with Crippen LogP contribution < -0.4 is 30.7 Å². The lowest BCUT2D eigenvalue weighted by Gasteiger charge is -2.39. The lowest BCUT2D eigenvalue weighted by atomic mass is 9.90. The van der Waals surface area contributed by atoms with Gasteiger partial charge in [0.25, 0.3) is 5.92 Å². The number of rotatable bonds is 8. The summed E-state index contributed by atoms with van der Waals surface area (Å²) < 4.78 is 32.8. The molecule has 4 fully saturated rings. The van der Waals surface area contributed by atoms with E-state index in [1.54, 1.807) is 6.20 Å². The molecule has 2 unspecified atom stereocenters. The second-order valence-corrected chi connectivity index (χ2v) is 18.5. The number of halogens is 3. The molecule has 1 aliphatic carbocycles. The van der Waals surface area contributed by atoms with Gasteiger partial charge in [-0.2, -0.15) is 10.1 Å². The van der Waals surface area contributed by atoms with Gasteiger partial charge in [0.05, 0.1) is 34.8 Å². The first-order chi connectivity index (χ1) is 29.4. The van der Waals surface area contributed by atoms with E-state index in [2.05, 4.69) is 85.3 Å². The summed E-state index contributed by atoms with van der Waals surface area (Å²) in [4.78, 5) is 18.9. The van der Waals surface area contributed by atoms with Crippen LogP contribution in [0.5, 0.6) is 0 Å². The molecule has 6 aliphatic rings. The molecule has 2 atom stereocenters. The largest absolute Gasteiger partial charge is 0.375 e. The summed E-state index contributed by atoms with van der Waals surface area (Å²) in [5.41, 5.74) is 10.5. The van der Waals surface area contributed by atoms with Gasteiger partial charge in [0.1, 0.15) is 5.02 Å². The fourth-order valence-corrected chi connectivity index (χ4v) is 10.5. The summed E-state index contributed by atoms with van der Waals surface area (Å²) in [7, 11) is 4.01. The van der Waals surface area contributed by atoms with Crippen LogP contribution in [0.3, 0.4) is 0 Å². The Bertz CT molecular complexity index is 2440. The van der Waals surface area contributed by atoms with Crippen LogP contribution in [-0.4, -0.2) is 89.5 Å². The topological polar surface area (TPSA) is 92.7 Å². The van der Waals surface area contributed by atoms with Gasteiger partial charge in [-0.3, -0.25) is 9.58 Å². The first-order valence-corrected chi connectivity index (χ1v) is 22.4. The number of para-hydroxylation sites is 1. The molecule has 0 amide bonds. The number of likely N-dealkylation sites (N-methyl/N-ethyl adjacent to an activating group) is 1. The molecule has 0 radical (unpaired) electrons. The molecule has 4 aromatic rings. The molecule has 2 aromatic heterocycles. The molecule has 5 aliphatic heterocycles. The summed E-state index contributed by atoms with van der Waals surface area (Å²) in [6.07, 6.45) is 7.61. The third-order valence-electron chi connectivity index (χ3n) is 14.1. The highest BCUT2D eigenvalue weighted by Crippen LogP contribution is 2.49. The van der Waals surface area contributed by atoms with Crippen molar-refractivity contribution in [1.29, 1.82) is 0 Å². The quantitative estimate of drug-likeness (QED) is 0.160. The minimum Gasteiger partial charge on any atom is -0.375 e. The maximum Gasteiger partial charge on any atom is 0.268 e. The molecule has 7 heterocycles. The number of nitrogens with zero attached hydrogens (tertiary/aromatic N) is 8. The Balaban J connectivity index is 0.767.